The van der Waals surface area contributed by atoms with Gasteiger partial charge >= 0.3 is 5.97 Å². The third kappa shape index (κ3) is 42.3. The number of hydrogen-bond acceptors (Lipinski definition) is 5. The van der Waals surface area contributed by atoms with E-state index in [-0.39, 0.29) is 24.9 Å². The molecule has 6 nitrogen and oxygen atoms in total. The molecule has 59 heavy (non-hydrogen) atoms. The molecule has 0 aromatic heterocycles. The Morgan fingerprint density at radius 2 is 0.915 bits per heavy atom. The fourth-order valence-corrected chi connectivity index (χ4v) is 7.68. The Balaban J connectivity index is 4.61. The molecule has 0 rings (SSSR count). The monoisotopic (exact) mass is 828 g/mol. The van der Waals surface area contributed by atoms with Crippen molar-refractivity contribution in [2.24, 2.45) is 0 Å². The van der Waals surface area contributed by atoms with Crippen molar-refractivity contribution in [2.75, 3.05) is 6.61 Å². The highest BCUT2D eigenvalue weighted by atomic mass is 16.5. The predicted molar refractivity (Wildman–Crippen MR) is 255 cm³/mol. The van der Waals surface area contributed by atoms with Crippen LogP contribution < -0.4 is 5.32 Å². The van der Waals surface area contributed by atoms with Crippen LogP contribution in [0.1, 0.15) is 252 Å². The van der Waals surface area contributed by atoms with Gasteiger partial charge in [-0.05, 0) is 44.9 Å². The number of aliphatic hydroxyl groups excluding tert-OH is 2. The quantitative estimate of drug-likeness (QED) is 0.0323. The maximum Gasteiger partial charge on any atom is 0.306 e. The zero-order valence-electron chi connectivity index (χ0n) is 39.1. The van der Waals surface area contributed by atoms with Gasteiger partial charge in [-0.25, -0.2) is 0 Å². The first-order valence-electron chi connectivity index (χ1n) is 25.4. The summed E-state index contributed by atoms with van der Waals surface area (Å²) in [5, 5.41) is 23.7. The molecule has 1 amide bonds. The first-order chi connectivity index (χ1) is 29.0. The Kier molecular flexibility index (Phi) is 45.1. The number of hydrogen-bond donors (Lipinski definition) is 3. The SMILES string of the molecule is CC/C=C/C=C/C=C/C=C\CCCCCC(CC(=O)NC(CO)C(O)CCCCCCCCCCCCCCC)OC(=O)CCCCCCCCCCCCCCCC. The number of ether oxygens (including phenoxy) is 1. The highest BCUT2D eigenvalue weighted by Crippen LogP contribution is 2.18. The van der Waals surface area contributed by atoms with Crippen molar-refractivity contribution >= 4 is 11.9 Å². The van der Waals surface area contributed by atoms with E-state index in [2.05, 4.69) is 50.4 Å². The Bertz CT molecular complexity index is 1020. The summed E-state index contributed by atoms with van der Waals surface area (Å²) >= 11 is 0. The summed E-state index contributed by atoms with van der Waals surface area (Å²) in [5.74, 6) is -0.506. The molecule has 0 radical (unpaired) electrons. The van der Waals surface area contributed by atoms with Gasteiger partial charge in [0.15, 0.2) is 0 Å². The maximum absolute atomic E-state index is 13.2. The van der Waals surface area contributed by atoms with Crippen molar-refractivity contribution in [3.05, 3.63) is 48.6 Å². The van der Waals surface area contributed by atoms with Crippen molar-refractivity contribution in [1.29, 1.82) is 0 Å². The summed E-state index contributed by atoms with van der Waals surface area (Å²) in [5.41, 5.74) is 0. The number of allylic oxidation sites excluding steroid dienone is 8. The first kappa shape index (κ1) is 56.8. The van der Waals surface area contributed by atoms with Gasteiger partial charge in [0.2, 0.25) is 5.91 Å². The number of nitrogens with one attached hydrogen (secondary N) is 1. The lowest BCUT2D eigenvalue weighted by molar-refractivity contribution is -0.151. The molecule has 0 bridgehead atoms. The number of carbonyl (C=O) groups is 2. The van der Waals surface area contributed by atoms with E-state index in [1.807, 2.05) is 24.3 Å². The molecule has 3 unspecified atom stereocenters. The molecule has 0 fully saturated rings. The van der Waals surface area contributed by atoms with Gasteiger partial charge in [-0.1, -0.05) is 243 Å². The number of esters is 1. The molecule has 6 heteroatoms. The summed E-state index contributed by atoms with van der Waals surface area (Å²) in [7, 11) is 0. The molecular weight excluding hydrogens is 731 g/mol. The lowest BCUT2D eigenvalue weighted by atomic mass is 10.0. The van der Waals surface area contributed by atoms with E-state index in [9.17, 15) is 19.8 Å². The van der Waals surface area contributed by atoms with E-state index in [0.29, 0.717) is 19.3 Å². The van der Waals surface area contributed by atoms with Gasteiger partial charge in [-0.3, -0.25) is 9.59 Å². The molecule has 3 N–H and O–H groups in total. The number of rotatable bonds is 45. The van der Waals surface area contributed by atoms with Gasteiger partial charge in [0.05, 0.1) is 25.2 Å². The largest absolute Gasteiger partial charge is 0.462 e. The van der Waals surface area contributed by atoms with Crippen molar-refractivity contribution < 1.29 is 24.5 Å². The number of aliphatic hydroxyl groups is 2. The van der Waals surface area contributed by atoms with Crippen molar-refractivity contribution in [3.63, 3.8) is 0 Å². The number of unbranched alkanes of at least 4 members (excludes halogenated alkanes) is 28. The summed E-state index contributed by atoms with van der Waals surface area (Å²) < 4.78 is 5.91. The maximum atomic E-state index is 13.2. The summed E-state index contributed by atoms with van der Waals surface area (Å²) in [4.78, 5) is 26.1. The summed E-state index contributed by atoms with van der Waals surface area (Å²) in [6, 6.07) is -0.712. The third-order valence-electron chi connectivity index (χ3n) is 11.5. The molecule has 3 atom stereocenters. The van der Waals surface area contributed by atoms with Gasteiger partial charge in [-0.2, -0.15) is 0 Å². The van der Waals surface area contributed by atoms with Crippen LogP contribution in [0.3, 0.4) is 0 Å². The Hall–Kier alpha value is -2.18. The van der Waals surface area contributed by atoms with Gasteiger partial charge in [0.1, 0.15) is 6.10 Å². The lowest BCUT2D eigenvalue weighted by Crippen LogP contribution is -2.46. The Labute approximate surface area is 366 Å². The van der Waals surface area contributed by atoms with Crippen molar-refractivity contribution in [3.8, 4) is 0 Å². The normalized spacial score (nSPS) is 13.6. The second-order valence-corrected chi connectivity index (χ2v) is 17.3. The van der Waals surface area contributed by atoms with Crippen LogP contribution in [0, 0.1) is 0 Å². The zero-order valence-corrected chi connectivity index (χ0v) is 39.1. The Morgan fingerprint density at radius 1 is 0.508 bits per heavy atom. The standard InChI is InChI=1S/C53H97NO5/c1-4-7-10-13-16-19-22-25-28-31-34-37-40-43-46-53(58)59-49(44-41-38-35-32-29-26-23-20-17-14-11-8-5-2)47-52(57)54-50(48-55)51(56)45-42-39-36-33-30-27-24-21-18-15-12-9-6-3/h8,11,14,17,20,23,26,29,49-51,55-56H,4-7,9-10,12-13,15-16,18-19,21-22,24-25,27-28,30-48H2,1-3H3,(H,54,57)/b11-8+,17-14+,23-20+,29-26-. The second-order valence-electron chi connectivity index (χ2n) is 17.3. The minimum atomic E-state index is -0.796. The van der Waals surface area contributed by atoms with E-state index < -0.39 is 18.2 Å². The van der Waals surface area contributed by atoms with Crippen LogP contribution in [0.5, 0.6) is 0 Å². The van der Waals surface area contributed by atoms with Gasteiger partial charge in [0.25, 0.3) is 0 Å². The minimum Gasteiger partial charge on any atom is -0.462 e. The van der Waals surface area contributed by atoms with Crippen LogP contribution in [-0.4, -0.2) is 46.9 Å². The second kappa shape index (κ2) is 46.9. The fraction of sp³-hybridized carbons (Fsp3) is 0.811. The average Bonchev–Trinajstić information content (AvgIpc) is 3.23. The smallest absolute Gasteiger partial charge is 0.306 e. The van der Waals surface area contributed by atoms with Gasteiger partial charge < -0.3 is 20.3 Å². The van der Waals surface area contributed by atoms with Gasteiger partial charge in [0, 0.05) is 6.42 Å². The van der Waals surface area contributed by atoms with Crippen LogP contribution in [0.2, 0.25) is 0 Å². The molecule has 0 heterocycles. The molecule has 0 aliphatic heterocycles. The van der Waals surface area contributed by atoms with Crippen LogP contribution >= 0.6 is 0 Å². The van der Waals surface area contributed by atoms with Gasteiger partial charge in [-0.15, -0.1) is 0 Å². The molecule has 0 aliphatic rings. The molecule has 0 aromatic carbocycles. The molecule has 0 spiro atoms. The fourth-order valence-electron chi connectivity index (χ4n) is 7.68. The molecule has 344 valence electrons. The summed E-state index contributed by atoms with van der Waals surface area (Å²) in [6.07, 6.45) is 56.0. The molecular formula is C53H97NO5. The third-order valence-corrected chi connectivity index (χ3v) is 11.5. The van der Waals surface area contributed by atoms with Crippen LogP contribution in [-0.2, 0) is 14.3 Å². The Morgan fingerprint density at radius 3 is 1.39 bits per heavy atom. The highest BCUT2D eigenvalue weighted by Gasteiger charge is 2.24. The molecule has 0 aliphatic carbocycles. The lowest BCUT2D eigenvalue weighted by Gasteiger charge is -2.24. The number of carbonyl (C=O) groups excluding carboxylic acids is 2. The molecule has 0 saturated heterocycles. The number of amides is 1. The van der Waals surface area contributed by atoms with E-state index in [0.717, 1.165) is 70.6 Å². The topological polar surface area (TPSA) is 95.9 Å². The first-order valence-corrected chi connectivity index (χ1v) is 25.4. The predicted octanol–water partition coefficient (Wildman–Crippen LogP) is 15.1. The molecule has 0 aromatic rings. The van der Waals surface area contributed by atoms with E-state index in [1.165, 1.54) is 135 Å². The molecule has 0 saturated carbocycles. The van der Waals surface area contributed by atoms with Crippen molar-refractivity contribution in [1.82, 2.24) is 5.32 Å². The van der Waals surface area contributed by atoms with E-state index in [4.69, 9.17) is 4.74 Å². The van der Waals surface area contributed by atoms with Crippen molar-refractivity contribution in [2.45, 2.75) is 270 Å². The zero-order chi connectivity index (χ0) is 43.1. The summed E-state index contributed by atoms with van der Waals surface area (Å²) in [6.45, 7) is 6.34. The minimum absolute atomic E-state index is 0.0537. The van der Waals surface area contributed by atoms with E-state index >= 15 is 0 Å². The van der Waals surface area contributed by atoms with Crippen LogP contribution in [0.4, 0.5) is 0 Å². The highest BCUT2D eigenvalue weighted by molar-refractivity contribution is 5.77. The van der Waals surface area contributed by atoms with E-state index in [1.54, 1.807) is 0 Å². The van der Waals surface area contributed by atoms with Crippen LogP contribution in [0.15, 0.2) is 48.6 Å². The average molecular weight is 828 g/mol. The van der Waals surface area contributed by atoms with Crippen LogP contribution in [0.25, 0.3) is 0 Å².